The lowest BCUT2D eigenvalue weighted by molar-refractivity contribution is -0.122. The van der Waals surface area contributed by atoms with Crippen molar-refractivity contribution in [2.24, 2.45) is 5.92 Å². The topological polar surface area (TPSA) is 26.3 Å². The Morgan fingerprint density at radius 2 is 1.41 bits per heavy atom. The number of hydrogen-bond donors (Lipinski definition) is 0. The Labute approximate surface area is 107 Å². The van der Waals surface area contributed by atoms with Crippen molar-refractivity contribution in [3.05, 3.63) is 0 Å². The third kappa shape index (κ3) is 11.9. The Bertz CT molecular complexity index is 185. The molecule has 0 bridgehead atoms. The fourth-order valence-electron chi connectivity index (χ4n) is 1.72. The molecule has 0 radical (unpaired) electrons. The van der Waals surface area contributed by atoms with Crippen LogP contribution in [0.15, 0.2) is 0 Å². The average molecular weight is 242 g/mol. The molecule has 17 heavy (non-hydrogen) atoms. The fraction of sp³-hybridized carbons (Fsp3) is 0.933. The molecule has 0 aliphatic heterocycles. The summed E-state index contributed by atoms with van der Waals surface area (Å²) in [5.41, 5.74) is 0. The number of carbonyl (C=O) groups is 1. The maximum Gasteiger partial charge on any atom is 0.135 e. The molecule has 0 N–H and O–H groups in total. The molecular formula is C15H30O2. The van der Waals surface area contributed by atoms with Crippen LogP contribution >= 0.6 is 0 Å². The van der Waals surface area contributed by atoms with Crippen LogP contribution < -0.4 is 0 Å². The Morgan fingerprint density at radius 3 is 1.94 bits per heavy atom. The molecule has 0 fully saturated rings. The fourth-order valence-corrected chi connectivity index (χ4v) is 1.72. The number of carbonyl (C=O) groups excluding carboxylic acids is 1. The van der Waals surface area contributed by atoms with E-state index in [1.807, 2.05) is 13.8 Å². The van der Waals surface area contributed by atoms with E-state index in [1.54, 1.807) is 0 Å². The van der Waals surface area contributed by atoms with Crippen molar-refractivity contribution >= 4 is 5.78 Å². The second-order valence-corrected chi connectivity index (χ2v) is 5.41. The molecule has 0 rings (SSSR count). The van der Waals surface area contributed by atoms with Crippen LogP contribution in [-0.2, 0) is 9.53 Å². The quantitative estimate of drug-likeness (QED) is 0.503. The summed E-state index contributed by atoms with van der Waals surface area (Å²) in [6.07, 6.45) is 8.35. The monoisotopic (exact) mass is 242 g/mol. The van der Waals surface area contributed by atoms with Crippen molar-refractivity contribution < 1.29 is 9.53 Å². The first-order valence-corrected chi connectivity index (χ1v) is 7.18. The van der Waals surface area contributed by atoms with Gasteiger partial charge in [0, 0.05) is 18.9 Å². The molecule has 0 aliphatic rings. The van der Waals surface area contributed by atoms with Gasteiger partial charge in [-0.1, -0.05) is 39.5 Å². The van der Waals surface area contributed by atoms with E-state index in [0.717, 1.165) is 19.4 Å². The SMILES string of the molecule is CC(C)OCCCCCCCCC(=O)C(C)C. The van der Waals surface area contributed by atoms with E-state index < -0.39 is 0 Å². The van der Waals surface area contributed by atoms with Crippen LogP contribution in [0, 0.1) is 5.92 Å². The number of rotatable bonds is 11. The van der Waals surface area contributed by atoms with Gasteiger partial charge in [-0.3, -0.25) is 4.79 Å². The largest absolute Gasteiger partial charge is 0.379 e. The Kier molecular flexibility index (Phi) is 10.5. The van der Waals surface area contributed by atoms with Gasteiger partial charge in [0.2, 0.25) is 0 Å². The first kappa shape index (κ1) is 16.6. The van der Waals surface area contributed by atoms with Crippen molar-refractivity contribution in [3.63, 3.8) is 0 Å². The highest BCUT2D eigenvalue weighted by Gasteiger charge is 2.05. The van der Waals surface area contributed by atoms with E-state index in [2.05, 4.69) is 13.8 Å². The lowest BCUT2D eigenvalue weighted by Crippen LogP contribution is -2.06. The number of unbranched alkanes of at least 4 members (excludes halogenated alkanes) is 5. The third-order valence-corrected chi connectivity index (χ3v) is 2.91. The Balaban J connectivity index is 3.11. The zero-order chi connectivity index (χ0) is 13.1. The minimum Gasteiger partial charge on any atom is -0.379 e. The van der Waals surface area contributed by atoms with Gasteiger partial charge < -0.3 is 4.74 Å². The third-order valence-electron chi connectivity index (χ3n) is 2.91. The molecule has 0 atom stereocenters. The molecule has 2 nitrogen and oxygen atoms in total. The highest BCUT2D eigenvalue weighted by Crippen LogP contribution is 2.10. The summed E-state index contributed by atoms with van der Waals surface area (Å²) >= 11 is 0. The lowest BCUT2D eigenvalue weighted by Gasteiger charge is -2.07. The summed E-state index contributed by atoms with van der Waals surface area (Å²) in [6, 6.07) is 0. The van der Waals surface area contributed by atoms with Crippen molar-refractivity contribution in [2.45, 2.75) is 78.7 Å². The second kappa shape index (κ2) is 10.8. The molecule has 0 spiro atoms. The zero-order valence-corrected chi connectivity index (χ0v) is 12.1. The van der Waals surface area contributed by atoms with Gasteiger partial charge >= 0.3 is 0 Å². The minimum atomic E-state index is 0.211. The minimum absolute atomic E-state index is 0.211. The molecule has 0 saturated heterocycles. The van der Waals surface area contributed by atoms with Gasteiger partial charge in [-0.25, -0.2) is 0 Å². The maximum absolute atomic E-state index is 11.4. The van der Waals surface area contributed by atoms with Crippen LogP contribution in [0.3, 0.4) is 0 Å². The Morgan fingerprint density at radius 1 is 0.882 bits per heavy atom. The smallest absolute Gasteiger partial charge is 0.135 e. The molecule has 0 aliphatic carbocycles. The van der Waals surface area contributed by atoms with Gasteiger partial charge in [0.1, 0.15) is 5.78 Å². The molecule has 0 heterocycles. The molecule has 102 valence electrons. The average Bonchev–Trinajstić information content (AvgIpc) is 2.25. The van der Waals surface area contributed by atoms with E-state index in [-0.39, 0.29) is 5.92 Å². The van der Waals surface area contributed by atoms with Crippen molar-refractivity contribution in [2.75, 3.05) is 6.61 Å². The maximum atomic E-state index is 11.4. The summed E-state index contributed by atoms with van der Waals surface area (Å²) in [6.45, 7) is 9.01. The van der Waals surface area contributed by atoms with E-state index in [9.17, 15) is 4.79 Å². The van der Waals surface area contributed by atoms with Crippen LogP contribution in [-0.4, -0.2) is 18.5 Å². The van der Waals surface area contributed by atoms with Crippen LogP contribution in [0.5, 0.6) is 0 Å². The van der Waals surface area contributed by atoms with Crippen LogP contribution in [0.4, 0.5) is 0 Å². The molecular weight excluding hydrogens is 212 g/mol. The van der Waals surface area contributed by atoms with Gasteiger partial charge in [0.15, 0.2) is 0 Å². The standard InChI is InChI=1S/C15H30O2/c1-13(2)15(16)11-9-7-5-6-8-10-12-17-14(3)4/h13-14H,5-12H2,1-4H3. The van der Waals surface area contributed by atoms with E-state index >= 15 is 0 Å². The predicted octanol–water partition coefficient (Wildman–Crippen LogP) is 4.37. The molecule has 0 aromatic rings. The van der Waals surface area contributed by atoms with E-state index in [1.165, 1.54) is 32.1 Å². The number of ketones is 1. The first-order chi connectivity index (χ1) is 8.04. The molecule has 2 heteroatoms. The van der Waals surface area contributed by atoms with E-state index in [4.69, 9.17) is 4.74 Å². The summed E-state index contributed by atoms with van der Waals surface area (Å²) in [4.78, 5) is 11.4. The molecule has 0 aromatic heterocycles. The van der Waals surface area contributed by atoms with Gasteiger partial charge in [0.25, 0.3) is 0 Å². The van der Waals surface area contributed by atoms with E-state index in [0.29, 0.717) is 11.9 Å². The normalized spacial score (nSPS) is 11.4. The highest BCUT2D eigenvalue weighted by molar-refractivity contribution is 5.80. The predicted molar refractivity (Wildman–Crippen MR) is 73.3 cm³/mol. The zero-order valence-electron chi connectivity index (χ0n) is 12.1. The summed E-state index contributed by atoms with van der Waals surface area (Å²) in [7, 11) is 0. The second-order valence-electron chi connectivity index (χ2n) is 5.41. The molecule has 0 unspecified atom stereocenters. The van der Waals surface area contributed by atoms with Crippen molar-refractivity contribution in [3.8, 4) is 0 Å². The van der Waals surface area contributed by atoms with Crippen LogP contribution in [0.25, 0.3) is 0 Å². The molecule has 0 saturated carbocycles. The van der Waals surface area contributed by atoms with Crippen LogP contribution in [0.2, 0.25) is 0 Å². The summed E-state index contributed by atoms with van der Waals surface area (Å²) in [5.74, 6) is 0.624. The van der Waals surface area contributed by atoms with Crippen LogP contribution in [0.1, 0.15) is 72.6 Å². The highest BCUT2D eigenvalue weighted by atomic mass is 16.5. The number of hydrogen-bond acceptors (Lipinski definition) is 2. The van der Waals surface area contributed by atoms with Gasteiger partial charge in [-0.15, -0.1) is 0 Å². The number of Topliss-reactive ketones (excluding diaryl/α,β-unsaturated/α-hetero) is 1. The van der Waals surface area contributed by atoms with Gasteiger partial charge in [0.05, 0.1) is 6.10 Å². The van der Waals surface area contributed by atoms with Gasteiger partial charge in [-0.2, -0.15) is 0 Å². The lowest BCUT2D eigenvalue weighted by atomic mass is 10.0. The summed E-state index contributed by atoms with van der Waals surface area (Å²) < 4.78 is 5.48. The summed E-state index contributed by atoms with van der Waals surface area (Å²) in [5, 5.41) is 0. The molecule has 0 amide bonds. The van der Waals surface area contributed by atoms with Gasteiger partial charge in [-0.05, 0) is 26.7 Å². The molecule has 0 aromatic carbocycles. The van der Waals surface area contributed by atoms with Crippen molar-refractivity contribution in [1.82, 2.24) is 0 Å². The van der Waals surface area contributed by atoms with Crippen molar-refractivity contribution in [1.29, 1.82) is 0 Å². The Hall–Kier alpha value is -0.370. The first-order valence-electron chi connectivity index (χ1n) is 7.18. The number of ether oxygens (including phenoxy) is 1.